The fourth-order valence-electron chi connectivity index (χ4n) is 4.33. The van der Waals surface area contributed by atoms with Gasteiger partial charge in [-0.25, -0.2) is 0 Å². The lowest BCUT2D eigenvalue weighted by Crippen LogP contribution is -2.56. The van der Waals surface area contributed by atoms with E-state index in [0.29, 0.717) is 12.3 Å². The van der Waals surface area contributed by atoms with Crippen LogP contribution in [-0.4, -0.2) is 46.9 Å². The minimum Gasteiger partial charge on any atom is -0.426 e. The molecule has 186 valence electrons. The van der Waals surface area contributed by atoms with Gasteiger partial charge in [0, 0.05) is 12.8 Å². The molecule has 0 bridgehead atoms. The van der Waals surface area contributed by atoms with E-state index in [1.54, 1.807) is 0 Å². The number of nitrogens with zero attached hydrogens (tertiary/aromatic N) is 1. The Hall–Kier alpha value is -3.46. The second kappa shape index (κ2) is 12.0. The van der Waals surface area contributed by atoms with Gasteiger partial charge in [0.05, 0.1) is 24.9 Å². The first-order valence-corrected chi connectivity index (χ1v) is 12.1. The maximum atomic E-state index is 13.6. The number of ether oxygens (including phenoxy) is 1. The number of amides is 1. The van der Waals surface area contributed by atoms with E-state index in [4.69, 9.17) is 9.57 Å². The fourth-order valence-corrected chi connectivity index (χ4v) is 4.33. The van der Waals surface area contributed by atoms with Crippen molar-refractivity contribution in [2.75, 3.05) is 6.61 Å². The molecule has 2 atom stereocenters. The zero-order valence-electron chi connectivity index (χ0n) is 20.3. The monoisotopic (exact) mass is 486 g/mol. The lowest BCUT2D eigenvalue weighted by Gasteiger charge is -2.28. The van der Waals surface area contributed by atoms with Crippen LogP contribution in [0.1, 0.15) is 28.7 Å². The zero-order valence-corrected chi connectivity index (χ0v) is 20.3. The van der Waals surface area contributed by atoms with Crippen molar-refractivity contribution in [3.8, 4) is 0 Å². The topological polar surface area (TPSA) is 100 Å². The molecule has 3 aromatic carbocycles. The largest absolute Gasteiger partial charge is 0.475 e. The first kappa shape index (κ1) is 25.6. The summed E-state index contributed by atoms with van der Waals surface area (Å²) in [6.07, 6.45) is 0.782. The molecule has 3 aromatic rings. The van der Waals surface area contributed by atoms with Crippen molar-refractivity contribution in [3.05, 3.63) is 107 Å². The summed E-state index contributed by atoms with van der Waals surface area (Å²) in [5, 5.41) is 27.0. The van der Waals surface area contributed by atoms with E-state index in [9.17, 15) is 14.8 Å². The molecule has 1 aliphatic rings. The predicted molar refractivity (Wildman–Crippen MR) is 139 cm³/mol. The number of oxime groups is 1. The van der Waals surface area contributed by atoms with Gasteiger partial charge in [-0.05, 0) is 30.0 Å². The van der Waals surface area contributed by atoms with Crippen molar-refractivity contribution in [2.45, 2.75) is 44.3 Å². The lowest BCUT2D eigenvalue weighted by molar-refractivity contribution is -0.144. The molecular formula is C28H31BN2O5. The molecule has 0 fully saturated rings. The van der Waals surface area contributed by atoms with Gasteiger partial charge in [0.2, 0.25) is 5.60 Å². The van der Waals surface area contributed by atoms with Gasteiger partial charge in [-0.3, -0.25) is 4.79 Å². The molecule has 1 heterocycles. The highest BCUT2D eigenvalue weighted by Crippen LogP contribution is 2.29. The smallest absolute Gasteiger partial charge is 0.426 e. The van der Waals surface area contributed by atoms with Crippen molar-refractivity contribution >= 4 is 18.7 Å². The molecule has 1 amide bonds. The summed E-state index contributed by atoms with van der Waals surface area (Å²) in [6.45, 7) is 2.69. The first-order chi connectivity index (χ1) is 17.4. The van der Waals surface area contributed by atoms with E-state index in [2.05, 4.69) is 16.5 Å². The van der Waals surface area contributed by atoms with Gasteiger partial charge >= 0.3 is 7.12 Å². The highest BCUT2D eigenvalue weighted by atomic mass is 16.7. The third-order valence-electron chi connectivity index (χ3n) is 6.18. The maximum absolute atomic E-state index is 13.6. The van der Waals surface area contributed by atoms with Crippen molar-refractivity contribution in [2.24, 2.45) is 5.16 Å². The van der Waals surface area contributed by atoms with Crippen LogP contribution in [0.3, 0.4) is 0 Å². The van der Waals surface area contributed by atoms with Crippen molar-refractivity contribution < 1.29 is 24.4 Å². The number of hydrogen-bond donors (Lipinski definition) is 3. The second-order valence-electron chi connectivity index (χ2n) is 9.25. The van der Waals surface area contributed by atoms with Crippen molar-refractivity contribution in [1.29, 1.82) is 0 Å². The molecule has 1 unspecified atom stereocenters. The average molecular weight is 486 g/mol. The van der Waals surface area contributed by atoms with Crippen LogP contribution in [0, 0.1) is 6.92 Å². The Morgan fingerprint density at radius 3 is 2.33 bits per heavy atom. The summed E-state index contributed by atoms with van der Waals surface area (Å²) in [4.78, 5) is 19.4. The van der Waals surface area contributed by atoms with Gasteiger partial charge in [0.25, 0.3) is 5.91 Å². The van der Waals surface area contributed by atoms with E-state index in [1.165, 1.54) is 0 Å². The Bertz CT molecular complexity index is 1170. The van der Waals surface area contributed by atoms with Crippen LogP contribution in [0.2, 0.25) is 0 Å². The number of carbonyl (C=O) groups excluding carboxylic acids is 1. The summed E-state index contributed by atoms with van der Waals surface area (Å²) in [7, 11) is -1.73. The van der Waals surface area contributed by atoms with Crippen molar-refractivity contribution in [3.63, 3.8) is 0 Å². The molecule has 8 heteroatoms. The molecule has 0 aromatic heterocycles. The van der Waals surface area contributed by atoms with Crippen LogP contribution in [0.15, 0.2) is 90.1 Å². The minimum absolute atomic E-state index is 0.230. The summed E-state index contributed by atoms with van der Waals surface area (Å²) in [5.74, 6) is -1.35. The number of nitrogens with one attached hydrogen (secondary N) is 1. The van der Waals surface area contributed by atoms with Crippen LogP contribution in [0.25, 0.3) is 0 Å². The standard InChI is InChI=1S/C28H31BN2O5/c1-21-9-8-14-24(15-21)19-35-20-25-18-28(36-31-25,17-23-12-6-3-7-13-23)27(32)30-26(29(33)34)16-22-10-4-2-5-11-22/h2-15,26,33-34H,16-20H2,1H3,(H,30,32)/t26-,28?/m0/s1. The number of benzene rings is 3. The third-order valence-corrected chi connectivity index (χ3v) is 6.18. The SMILES string of the molecule is Cc1cccc(COCC2=NOC(Cc3ccccc3)(C(=O)N[C@@H](Cc3ccccc3)B(O)O)C2)c1. The van der Waals surface area contributed by atoms with Crippen molar-refractivity contribution in [1.82, 2.24) is 5.32 Å². The molecule has 7 nitrogen and oxygen atoms in total. The lowest BCUT2D eigenvalue weighted by atomic mass is 9.75. The Balaban J connectivity index is 1.45. The van der Waals surface area contributed by atoms with E-state index in [-0.39, 0.29) is 25.9 Å². The normalized spacial score (nSPS) is 17.7. The van der Waals surface area contributed by atoms with Gasteiger partial charge < -0.3 is 24.9 Å². The summed E-state index contributed by atoms with van der Waals surface area (Å²) in [5.41, 5.74) is 3.32. The van der Waals surface area contributed by atoms with Gasteiger partial charge in [0.1, 0.15) is 0 Å². The van der Waals surface area contributed by atoms with Gasteiger partial charge in [-0.1, -0.05) is 95.6 Å². The van der Waals surface area contributed by atoms with E-state index in [1.807, 2.05) is 85.8 Å². The quantitative estimate of drug-likeness (QED) is 0.362. The van der Waals surface area contributed by atoms with E-state index in [0.717, 1.165) is 22.3 Å². The number of hydrogen-bond acceptors (Lipinski definition) is 6. The number of carbonyl (C=O) groups is 1. The third kappa shape index (κ3) is 6.82. The highest BCUT2D eigenvalue weighted by molar-refractivity contribution is 6.43. The summed E-state index contributed by atoms with van der Waals surface area (Å²) in [6, 6.07) is 27.0. The highest BCUT2D eigenvalue weighted by Gasteiger charge is 2.48. The Morgan fingerprint density at radius 1 is 1.00 bits per heavy atom. The molecule has 0 aliphatic carbocycles. The number of aryl methyl sites for hydroxylation is 1. The summed E-state index contributed by atoms with van der Waals surface area (Å²) < 4.78 is 5.86. The number of rotatable bonds is 11. The van der Waals surface area contributed by atoms with Crippen LogP contribution in [-0.2, 0) is 33.8 Å². The Morgan fingerprint density at radius 2 is 1.67 bits per heavy atom. The molecule has 36 heavy (non-hydrogen) atoms. The van der Waals surface area contributed by atoms with E-state index < -0.39 is 24.6 Å². The van der Waals surface area contributed by atoms with Crippen LogP contribution < -0.4 is 5.32 Å². The molecule has 1 aliphatic heterocycles. The molecule has 0 radical (unpaired) electrons. The van der Waals surface area contributed by atoms with Gasteiger partial charge in [0.15, 0.2) is 0 Å². The van der Waals surface area contributed by atoms with Crippen LogP contribution >= 0.6 is 0 Å². The fraction of sp³-hybridized carbons (Fsp3) is 0.286. The average Bonchev–Trinajstić information content (AvgIpc) is 3.29. The van der Waals surface area contributed by atoms with Gasteiger partial charge in [-0.15, -0.1) is 0 Å². The Labute approximate surface area is 211 Å². The molecule has 0 saturated carbocycles. The maximum Gasteiger partial charge on any atom is 0.475 e. The molecule has 3 N–H and O–H groups in total. The molecular weight excluding hydrogens is 455 g/mol. The van der Waals surface area contributed by atoms with Gasteiger partial charge in [-0.2, -0.15) is 0 Å². The molecule has 0 saturated heterocycles. The van der Waals surface area contributed by atoms with Crippen LogP contribution in [0.4, 0.5) is 0 Å². The zero-order chi connectivity index (χ0) is 25.4. The summed E-state index contributed by atoms with van der Waals surface area (Å²) >= 11 is 0. The first-order valence-electron chi connectivity index (χ1n) is 12.1. The van der Waals surface area contributed by atoms with E-state index >= 15 is 0 Å². The molecule has 4 rings (SSSR count). The predicted octanol–water partition coefficient (Wildman–Crippen LogP) is 3.01. The molecule has 0 spiro atoms. The van der Waals surface area contributed by atoms with Crippen LogP contribution in [0.5, 0.6) is 0 Å². The second-order valence-corrected chi connectivity index (χ2v) is 9.25. The minimum atomic E-state index is -1.73. The Kier molecular flexibility index (Phi) is 8.54.